The molecule has 0 aliphatic rings. The van der Waals surface area contributed by atoms with Gasteiger partial charge in [0.2, 0.25) is 0 Å². The fourth-order valence-electron chi connectivity index (χ4n) is 1.15. The van der Waals surface area contributed by atoms with E-state index in [-0.39, 0.29) is 23.5 Å². The van der Waals surface area contributed by atoms with Crippen molar-refractivity contribution in [3.8, 4) is 5.75 Å². The minimum atomic E-state index is -4.89. The van der Waals surface area contributed by atoms with Crippen molar-refractivity contribution in [2.75, 3.05) is 5.73 Å². The van der Waals surface area contributed by atoms with Crippen molar-refractivity contribution in [3.63, 3.8) is 0 Å². The summed E-state index contributed by atoms with van der Waals surface area (Å²) in [7, 11) is 0. The van der Waals surface area contributed by atoms with Crippen molar-refractivity contribution in [2.24, 2.45) is 5.73 Å². The molecule has 90 valence electrons. The highest BCUT2D eigenvalue weighted by atomic mass is 19.4. The molecule has 8 heteroatoms. The summed E-state index contributed by atoms with van der Waals surface area (Å²) < 4.78 is 40.0. The highest BCUT2D eigenvalue weighted by Gasteiger charge is 2.33. The minimum absolute atomic E-state index is 0.0149. The zero-order chi connectivity index (χ0) is 12.3. The first kappa shape index (κ1) is 12.5. The quantitative estimate of drug-likeness (QED) is 0.712. The number of ether oxygens (including phenoxy) is 1. The fraction of sp³-hybridized carbons (Fsp3) is 0.375. The first-order chi connectivity index (χ1) is 7.39. The van der Waals surface area contributed by atoms with Crippen LogP contribution in [0.2, 0.25) is 0 Å². The molecule has 0 saturated carbocycles. The van der Waals surface area contributed by atoms with Crippen LogP contribution in [-0.4, -0.2) is 16.5 Å². The molecule has 0 aromatic carbocycles. The summed E-state index contributed by atoms with van der Waals surface area (Å²) >= 11 is 0. The van der Waals surface area contributed by atoms with E-state index in [1.807, 2.05) is 0 Å². The number of aromatic nitrogens is 1. The number of hydrogen-bond donors (Lipinski definition) is 3. The van der Waals surface area contributed by atoms with Crippen LogP contribution in [0.4, 0.5) is 18.9 Å². The second kappa shape index (κ2) is 4.54. The van der Waals surface area contributed by atoms with Crippen LogP contribution in [0.25, 0.3) is 0 Å². The molecule has 0 saturated heterocycles. The Morgan fingerprint density at radius 2 is 2.06 bits per heavy atom. The number of nitrogens with two attached hydrogens (primary N) is 2. The lowest BCUT2D eigenvalue weighted by Gasteiger charge is -2.16. The number of anilines is 1. The van der Waals surface area contributed by atoms with Gasteiger partial charge in [-0.2, -0.15) is 0 Å². The third-order valence-electron chi connectivity index (χ3n) is 1.82. The Morgan fingerprint density at radius 3 is 2.50 bits per heavy atom. The normalized spacial score (nSPS) is 11.6. The molecule has 0 aliphatic carbocycles. The van der Waals surface area contributed by atoms with Crippen molar-refractivity contribution in [3.05, 3.63) is 17.5 Å². The highest BCUT2D eigenvalue weighted by molar-refractivity contribution is 5.54. The average Bonchev–Trinajstić information content (AvgIpc) is 2.16. The van der Waals surface area contributed by atoms with E-state index >= 15 is 0 Å². The lowest BCUT2D eigenvalue weighted by molar-refractivity contribution is -0.275. The van der Waals surface area contributed by atoms with Crippen LogP contribution in [-0.2, 0) is 13.2 Å². The molecule has 0 spiro atoms. The van der Waals surface area contributed by atoms with E-state index < -0.39 is 18.7 Å². The van der Waals surface area contributed by atoms with Gasteiger partial charge in [0.15, 0.2) is 5.75 Å². The average molecular weight is 237 g/mol. The van der Waals surface area contributed by atoms with Crippen LogP contribution in [0, 0.1) is 0 Å². The molecule has 1 rings (SSSR count). The topological polar surface area (TPSA) is 94.4 Å². The maximum atomic E-state index is 12.1. The minimum Gasteiger partial charge on any atom is -0.403 e. The molecular formula is C8H10F3N3O2. The largest absolute Gasteiger partial charge is 0.573 e. The van der Waals surface area contributed by atoms with Crippen LogP contribution in [0.15, 0.2) is 6.20 Å². The van der Waals surface area contributed by atoms with E-state index in [1.54, 1.807) is 0 Å². The molecule has 1 aromatic heterocycles. The van der Waals surface area contributed by atoms with Crippen LogP contribution in [0.5, 0.6) is 5.75 Å². The van der Waals surface area contributed by atoms with E-state index in [2.05, 4.69) is 9.72 Å². The number of aliphatic hydroxyl groups excluding tert-OH is 1. The molecule has 0 unspecified atom stereocenters. The van der Waals surface area contributed by atoms with Gasteiger partial charge in [0, 0.05) is 12.1 Å². The predicted molar refractivity (Wildman–Crippen MR) is 49.1 cm³/mol. The number of pyridine rings is 1. The third-order valence-corrected chi connectivity index (χ3v) is 1.82. The summed E-state index contributed by atoms with van der Waals surface area (Å²) in [6.07, 6.45) is -3.76. The van der Waals surface area contributed by atoms with E-state index in [0.29, 0.717) is 0 Å². The summed E-state index contributed by atoms with van der Waals surface area (Å²) in [6.45, 7) is -0.939. The summed E-state index contributed by atoms with van der Waals surface area (Å²) in [5.74, 6) is -0.627. The fourth-order valence-corrected chi connectivity index (χ4v) is 1.15. The Morgan fingerprint density at radius 1 is 1.44 bits per heavy atom. The smallest absolute Gasteiger partial charge is 0.403 e. The van der Waals surface area contributed by atoms with Crippen molar-refractivity contribution >= 4 is 5.69 Å². The third kappa shape index (κ3) is 2.74. The van der Waals surface area contributed by atoms with Gasteiger partial charge in [0.25, 0.3) is 0 Å². The molecule has 0 aliphatic heterocycles. The van der Waals surface area contributed by atoms with Crippen LogP contribution < -0.4 is 16.2 Å². The molecule has 5 nitrogen and oxygen atoms in total. The molecular weight excluding hydrogens is 227 g/mol. The summed E-state index contributed by atoms with van der Waals surface area (Å²) in [5.41, 5.74) is 10.4. The number of nitrogens with zero attached hydrogens (tertiary/aromatic N) is 1. The summed E-state index contributed by atoms with van der Waals surface area (Å²) in [5, 5.41) is 8.83. The van der Waals surface area contributed by atoms with Gasteiger partial charge in [-0.1, -0.05) is 0 Å². The molecule has 0 radical (unpaired) electrons. The van der Waals surface area contributed by atoms with E-state index in [0.717, 1.165) is 6.20 Å². The Kier molecular flexibility index (Phi) is 3.55. The molecule has 5 N–H and O–H groups in total. The molecule has 1 aromatic rings. The number of alkyl halides is 3. The molecule has 0 bridgehead atoms. The van der Waals surface area contributed by atoms with Crippen LogP contribution in [0.3, 0.4) is 0 Å². The van der Waals surface area contributed by atoms with Crippen LogP contribution in [0.1, 0.15) is 11.3 Å². The monoisotopic (exact) mass is 237 g/mol. The number of rotatable bonds is 3. The Hall–Kier alpha value is -1.54. The maximum Gasteiger partial charge on any atom is 0.573 e. The summed E-state index contributed by atoms with van der Waals surface area (Å²) in [6, 6.07) is 0. The first-order valence-electron chi connectivity index (χ1n) is 4.22. The SMILES string of the molecule is NCc1c(N)cnc(CO)c1OC(F)(F)F. The molecule has 16 heavy (non-hydrogen) atoms. The number of halogens is 3. The first-order valence-corrected chi connectivity index (χ1v) is 4.22. The van der Waals surface area contributed by atoms with Gasteiger partial charge in [-0.05, 0) is 0 Å². The van der Waals surface area contributed by atoms with Gasteiger partial charge in [-0.15, -0.1) is 13.2 Å². The lowest BCUT2D eigenvalue weighted by atomic mass is 10.1. The summed E-state index contributed by atoms with van der Waals surface area (Å²) in [4.78, 5) is 3.53. The van der Waals surface area contributed by atoms with E-state index in [1.165, 1.54) is 0 Å². The van der Waals surface area contributed by atoms with Crippen LogP contribution >= 0.6 is 0 Å². The van der Waals surface area contributed by atoms with E-state index in [9.17, 15) is 13.2 Å². The van der Waals surface area contributed by atoms with E-state index in [4.69, 9.17) is 16.6 Å². The standard InChI is InChI=1S/C8H10F3N3O2/c9-8(10,11)16-7-4(1-12)5(13)2-14-6(7)3-15/h2,15H,1,3,12-13H2. The highest BCUT2D eigenvalue weighted by Crippen LogP contribution is 2.31. The predicted octanol–water partition coefficient (Wildman–Crippen LogP) is 0.513. The lowest BCUT2D eigenvalue weighted by Crippen LogP contribution is -2.21. The molecule has 1 heterocycles. The van der Waals surface area contributed by atoms with Gasteiger partial charge >= 0.3 is 6.36 Å². The number of nitrogen functional groups attached to an aromatic ring is 1. The van der Waals surface area contributed by atoms with Crippen molar-refractivity contribution in [2.45, 2.75) is 19.5 Å². The zero-order valence-corrected chi connectivity index (χ0v) is 8.08. The Labute approximate surface area is 88.8 Å². The molecule has 0 fully saturated rings. The van der Waals surface area contributed by atoms with Crippen molar-refractivity contribution < 1.29 is 23.0 Å². The second-order valence-corrected chi connectivity index (χ2v) is 2.88. The van der Waals surface area contributed by atoms with Gasteiger partial charge < -0.3 is 21.3 Å². The second-order valence-electron chi connectivity index (χ2n) is 2.88. The number of hydrogen-bond acceptors (Lipinski definition) is 5. The zero-order valence-electron chi connectivity index (χ0n) is 8.08. The van der Waals surface area contributed by atoms with Gasteiger partial charge in [0.1, 0.15) is 5.69 Å². The van der Waals surface area contributed by atoms with Gasteiger partial charge in [0.05, 0.1) is 18.5 Å². The number of aliphatic hydroxyl groups is 1. The van der Waals surface area contributed by atoms with Gasteiger partial charge in [-0.25, -0.2) is 0 Å². The Bertz CT molecular complexity index is 382. The molecule has 0 atom stereocenters. The Balaban J connectivity index is 3.25. The molecule has 0 amide bonds. The van der Waals surface area contributed by atoms with Crippen molar-refractivity contribution in [1.82, 2.24) is 4.98 Å². The van der Waals surface area contributed by atoms with Crippen molar-refractivity contribution in [1.29, 1.82) is 0 Å². The maximum absolute atomic E-state index is 12.1. The van der Waals surface area contributed by atoms with Gasteiger partial charge in [-0.3, -0.25) is 4.98 Å².